The van der Waals surface area contributed by atoms with E-state index in [1.54, 1.807) is 0 Å². The van der Waals surface area contributed by atoms with Gasteiger partial charge < -0.3 is 10.2 Å². The lowest BCUT2D eigenvalue weighted by Crippen LogP contribution is -2.48. The van der Waals surface area contributed by atoms with Gasteiger partial charge in [-0.3, -0.25) is 0 Å². The zero-order valence-electron chi connectivity index (χ0n) is 19.1. The molecule has 0 aromatic rings. The third-order valence-corrected chi connectivity index (χ3v) is 9.74. The van der Waals surface area contributed by atoms with Crippen LogP contribution in [0.1, 0.15) is 91.9 Å². The van der Waals surface area contributed by atoms with E-state index >= 15 is 0 Å². The maximum absolute atomic E-state index is 10.6. The first-order valence-electron chi connectivity index (χ1n) is 12.2. The van der Waals surface area contributed by atoms with Crippen LogP contribution in [0.5, 0.6) is 0 Å². The van der Waals surface area contributed by atoms with Gasteiger partial charge in [0.15, 0.2) is 0 Å². The second kappa shape index (κ2) is 7.42. The van der Waals surface area contributed by atoms with Gasteiger partial charge in [-0.05, 0) is 113 Å². The topological polar surface area (TPSA) is 40.5 Å². The van der Waals surface area contributed by atoms with Crippen molar-refractivity contribution in [2.75, 3.05) is 0 Å². The van der Waals surface area contributed by atoms with Crippen molar-refractivity contribution in [2.45, 2.75) is 103 Å². The van der Waals surface area contributed by atoms with Crippen molar-refractivity contribution in [3.63, 3.8) is 0 Å². The summed E-state index contributed by atoms with van der Waals surface area (Å²) < 4.78 is 0. The van der Waals surface area contributed by atoms with Crippen molar-refractivity contribution in [3.05, 3.63) is 11.6 Å². The van der Waals surface area contributed by atoms with Crippen molar-refractivity contribution in [2.24, 2.45) is 40.9 Å². The number of hydrogen-bond donors (Lipinski definition) is 2. The minimum atomic E-state index is -0.896. The molecule has 0 aromatic heterocycles. The Morgan fingerprint density at radius 3 is 2.66 bits per heavy atom. The lowest BCUT2D eigenvalue weighted by molar-refractivity contribution is -0.0367. The molecule has 2 heteroatoms. The van der Waals surface area contributed by atoms with Gasteiger partial charge in [0.25, 0.3) is 0 Å². The van der Waals surface area contributed by atoms with Gasteiger partial charge in [0.2, 0.25) is 0 Å². The monoisotopic (exact) mass is 398 g/mol. The summed E-state index contributed by atoms with van der Waals surface area (Å²) in [5, 5.41) is 20.8. The highest BCUT2D eigenvalue weighted by atomic mass is 16.3. The van der Waals surface area contributed by atoms with Crippen molar-refractivity contribution in [3.8, 4) is 12.3 Å². The summed E-state index contributed by atoms with van der Waals surface area (Å²) in [5.41, 5.74) is 0.498. The molecular weight excluding hydrogens is 356 g/mol. The number of terminal acetylenes is 1. The number of allylic oxidation sites excluding steroid dienone is 1. The molecule has 0 bridgehead atoms. The van der Waals surface area contributed by atoms with Crippen LogP contribution in [0.2, 0.25) is 0 Å². The summed E-state index contributed by atoms with van der Waals surface area (Å²) >= 11 is 0. The van der Waals surface area contributed by atoms with E-state index < -0.39 is 11.2 Å². The molecule has 0 radical (unpaired) electrons. The molecule has 2 nitrogen and oxygen atoms in total. The maximum atomic E-state index is 10.6. The van der Waals surface area contributed by atoms with Crippen LogP contribution in [-0.2, 0) is 0 Å². The number of rotatable bonds is 4. The Morgan fingerprint density at radius 1 is 1.21 bits per heavy atom. The summed E-state index contributed by atoms with van der Waals surface area (Å²) in [6.07, 6.45) is 19.4. The van der Waals surface area contributed by atoms with Gasteiger partial charge >= 0.3 is 0 Å². The first-order valence-corrected chi connectivity index (χ1v) is 12.2. The average molecular weight is 399 g/mol. The molecule has 3 saturated carbocycles. The van der Waals surface area contributed by atoms with Crippen LogP contribution in [0, 0.1) is 53.3 Å². The highest BCUT2D eigenvalue weighted by molar-refractivity contribution is 5.26. The first-order chi connectivity index (χ1) is 13.6. The fourth-order valence-corrected chi connectivity index (χ4v) is 8.17. The highest BCUT2D eigenvalue weighted by Crippen LogP contribution is 2.65. The van der Waals surface area contributed by atoms with E-state index in [-0.39, 0.29) is 0 Å². The molecular formula is C27H42O2. The lowest BCUT2D eigenvalue weighted by Gasteiger charge is -2.55. The van der Waals surface area contributed by atoms with Gasteiger partial charge in [0.1, 0.15) is 5.60 Å². The van der Waals surface area contributed by atoms with Gasteiger partial charge in [-0.15, -0.1) is 6.42 Å². The van der Waals surface area contributed by atoms with E-state index in [1.807, 2.05) is 13.8 Å². The Kier molecular flexibility index (Phi) is 5.49. The molecule has 0 amide bonds. The second-order valence-corrected chi connectivity index (χ2v) is 12.0. The Hall–Kier alpha value is -0.780. The van der Waals surface area contributed by atoms with Gasteiger partial charge in [-0.1, -0.05) is 31.4 Å². The van der Waals surface area contributed by atoms with Crippen LogP contribution in [0.15, 0.2) is 11.6 Å². The zero-order chi connectivity index (χ0) is 21.0. The Labute approximate surface area is 178 Å². The van der Waals surface area contributed by atoms with Gasteiger partial charge in [-0.25, -0.2) is 0 Å². The van der Waals surface area contributed by atoms with E-state index in [0.717, 1.165) is 49.4 Å². The molecule has 29 heavy (non-hydrogen) atoms. The van der Waals surface area contributed by atoms with Crippen LogP contribution >= 0.6 is 0 Å². The summed E-state index contributed by atoms with van der Waals surface area (Å²) in [6, 6.07) is 0. The number of fused-ring (bicyclic) bond motifs is 5. The molecule has 4 rings (SSSR count). The fourth-order valence-electron chi connectivity index (χ4n) is 8.17. The van der Waals surface area contributed by atoms with Crippen LogP contribution < -0.4 is 0 Å². The molecule has 0 aromatic carbocycles. The molecule has 8 unspecified atom stereocenters. The summed E-state index contributed by atoms with van der Waals surface area (Å²) in [6.45, 7) is 8.93. The van der Waals surface area contributed by atoms with Crippen LogP contribution in [0.3, 0.4) is 0 Å². The normalized spacial score (nSPS) is 45.4. The summed E-state index contributed by atoms with van der Waals surface area (Å²) in [5.74, 6) is 7.31. The van der Waals surface area contributed by atoms with Crippen molar-refractivity contribution in [1.82, 2.24) is 0 Å². The van der Waals surface area contributed by atoms with Gasteiger partial charge in [0, 0.05) is 6.42 Å². The average Bonchev–Trinajstić information content (AvgIpc) is 3.02. The molecule has 0 heterocycles. The van der Waals surface area contributed by atoms with E-state index in [9.17, 15) is 10.2 Å². The molecule has 162 valence electrons. The molecule has 8 atom stereocenters. The minimum Gasteiger partial charge on any atom is -0.390 e. The van der Waals surface area contributed by atoms with E-state index in [1.165, 1.54) is 37.7 Å². The summed E-state index contributed by atoms with van der Waals surface area (Å²) in [7, 11) is 0. The molecule has 0 spiro atoms. The summed E-state index contributed by atoms with van der Waals surface area (Å²) in [4.78, 5) is 0. The standard InChI is InChI=1S/C27H42O2/c1-6-27(29)16-13-20-19(17-27)7-8-22-21(20)12-15-26(5)23(9-10-24(22)26)18(2)11-14-25(3,4)28/h1,7,18,20-24,28-29H,8-17H2,2-5H3. The molecule has 0 saturated heterocycles. The van der Waals surface area contributed by atoms with Crippen LogP contribution in [0.25, 0.3) is 0 Å². The lowest BCUT2D eigenvalue weighted by atomic mass is 9.50. The van der Waals surface area contributed by atoms with Crippen molar-refractivity contribution < 1.29 is 10.2 Å². The Balaban J connectivity index is 1.49. The quantitative estimate of drug-likeness (QED) is 0.469. The van der Waals surface area contributed by atoms with E-state index in [0.29, 0.717) is 23.7 Å². The smallest absolute Gasteiger partial charge is 0.128 e. The maximum Gasteiger partial charge on any atom is 0.128 e. The molecule has 0 aliphatic heterocycles. The minimum absolute atomic E-state index is 0.472. The van der Waals surface area contributed by atoms with Crippen molar-refractivity contribution in [1.29, 1.82) is 0 Å². The molecule has 3 fully saturated rings. The third kappa shape index (κ3) is 3.83. The predicted molar refractivity (Wildman–Crippen MR) is 119 cm³/mol. The third-order valence-electron chi connectivity index (χ3n) is 9.74. The predicted octanol–water partition coefficient (Wildman–Crippen LogP) is 5.73. The second-order valence-electron chi connectivity index (χ2n) is 12.0. The number of aliphatic hydroxyl groups is 2. The van der Waals surface area contributed by atoms with Crippen LogP contribution in [0.4, 0.5) is 0 Å². The Bertz CT molecular complexity index is 694. The largest absolute Gasteiger partial charge is 0.390 e. The molecule has 4 aliphatic rings. The molecule has 4 aliphatic carbocycles. The van der Waals surface area contributed by atoms with E-state index in [2.05, 4.69) is 25.8 Å². The van der Waals surface area contributed by atoms with Gasteiger partial charge in [-0.2, -0.15) is 0 Å². The zero-order valence-corrected chi connectivity index (χ0v) is 19.1. The highest BCUT2D eigenvalue weighted by Gasteiger charge is 2.57. The first kappa shape index (κ1) is 21.5. The van der Waals surface area contributed by atoms with Crippen molar-refractivity contribution >= 4 is 0 Å². The van der Waals surface area contributed by atoms with Gasteiger partial charge in [0.05, 0.1) is 5.60 Å². The number of hydrogen-bond acceptors (Lipinski definition) is 2. The Morgan fingerprint density at radius 2 is 1.97 bits per heavy atom. The van der Waals surface area contributed by atoms with Crippen LogP contribution in [-0.4, -0.2) is 21.4 Å². The SMILES string of the molecule is C#CC1(O)CCC2C(=CCC3C2CCC2(C)C(C(C)CCC(C)(C)O)CCC32)C1. The van der Waals surface area contributed by atoms with E-state index in [4.69, 9.17) is 6.42 Å². The molecule has 2 N–H and O–H groups in total. The fraction of sp³-hybridized carbons (Fsp3) is 0.852.